The van der Waals surface area contributed by atoms with Gasteiger partial charge in [-0.25, -0.2) is 9.37 Å². The van der Waals surface area contributed by atoms with Gasteiger partial charge < -0.3 is 15.0 Å². The fourth-order valence-electron chi connectivity index (χ4n) is 2.48. The van der Waals surface area contributed by atoms with Gasteiger partial charge in [-0.2, -0.15) is 0 Å². The molecule has 0 aliphatic carbocycles. The Kier molecular flexibility index (Phi) is 4.90. The van der Waals surface area contributed by atoms with Gasteiger partial charge in [-0.1, -0.05) is 12.1 Å². The van der Waals surface area contributed by atoms with Gasteiger partial charge >= 0.3 is 0 Å². The van der Waals surface area contributed by atoms with E-state index in [1.807, 2.05) is 29.1 Å². The maximum atomic E-state index is 13.0. The van der Waals surface area contributed by atoms with Crippen molar-refractivity contribution in [3.63, 3.8) is 0 Å². The van der Waals surface area contributed by atoms with E-state index in [1.54, 1.807) is 19.1 Å². The molecule has 0 spiro atoms. The van der Waals surface area contributed by atoms with Gasteiger partial charge in [0, 0.05) is 18.6 Å². The van der Waals surface area contributed by atoms with Crippen molar-refractivity contribution >= 4 is 5.91 Å². The third kappa shape index (κ3) is 3.92. The second-order valence-corrected chi connectivity index (χ2v) is 5.75. The zero-order chi connectivity index (χ0) is 17.8. The summed E-state index contributed by atoms with van der Waals surface area (Å²) in [6.45, 7) is 1.69. The minimum Gasteiger partial charge on any atom is -0.386 e. The predicted octanol–water partition coefficient (Wildman–Crippen LogP) is 2.86. The van der Waals surface area contributed by atoms with Crippen LogP contribution in [0.15, 0.2) is 67.1 Å². The molecule has 0 bridgehead atoms. The van der Waals surface area contributed by atoms with Crippen molar-refractivity contribution < 1.29 is 14.3 Å². The fourth-order valence-corrected chi connectivity index (χ4v) is 2.48. The summed E-state index contributed by atoms with van der Waals surface area (Å²) < 4.78 is 14.8. The van der Waals surface area contributed by atoms with Gasteiger partial charge in [-0.3, -0.25) is 4.79 Å². The first-order valence-corrected chi connectivity index (χ1v) is 7.88. The van der Waals surface area contributed by atoms with E-state index in [4.69, 9.17) is 0 Å². The summed E-state index contributed by atoms with van der Waals surface area (Å²) in [5, 5.41) is 13.0. The lowest BCUT2D eigenvalue weighted by Crippen LogP contribution is -2.37. The van der Waals surface area contributed by atoms with E-state index in [9.17, 15) is 14.3 Å². The highest BCUT2D eigenvalue weighted by Crippen LogP contribution is 2.17. The SMILES string of the molecule is CC(NC(=O)c1ccc(-n2cccc2)nc1)C(O)c1ccc(F)cc1. The Morgan fingerprint density at radius 3 is 2.44 bits per heavy atom. The minimum atomic E-state index is -0.934. The van der Waals surface area contributed by atoms with Crippen molar-refractivity contribution in [1.82, 2.24) is 14.9 Å². The molecule has 5 nitrogen and oxygen atoms in total. The normalized spacial score (nSPS) is 13.2. The lowest BCUT2D eigenvalue weighted by atomic mass is 10.0. The first kappa shape index (κ1) is 16.9. The van der Waals surface area contributed by atoms with Crippen LogP contribution in [0.4, 0.5) is 4.39 Å². The Hall–Kier alpha value is -2.99. The van der Waals surface area contributed by atoms with Crippen LogP contribution < -0.4 is 5.32 Å². The third-order valence-electron chi connectivity index (χ3n) is 3.92. The molecule has 0 radical (unpaired) electrons. The monoisotopic (exact) mass is 339 g/mol. The Balaban J connectivity index is 1.65. The molecule has 2 heterocycles. The summed E-state index contributed by atoms with van der Waals surface area (Å²) >= 11 is 0. The molecule has 128 valence electrons. The summed E-state index contributed by atoms with van der Waals surface area (Å²) in [5.41, 5.74) is 0.935. The van der Waals surface area contributed by atoms with Crippen molar-refractivity contribution in [2.75, 3.05) is 0 Å². The Morgan fingerprint density at radius 1 is 1.16 bits per heavy atom. The van der Waals surface area contributed by atoms with E-state index < -0.39 is 12.1 Å². The van der Waals surface area contributed by atoms with Gasteiger partial charge in [0.2, 0.25) is 0 Å². The minimum absolute atomic E-state index is 0.333. The number of hydrogen-bond acceptors (Lipinski definition) is 3. The zero-order valence-electron chi connectivity index (χ0n) is 13.6. The van der Waals surface area contributed by atoms with Crippen LogP contribution >= 0.6 is 0 Å². The maximum Gasteiger partial charge on any atom is 0.253 e. The molecule has 25 heavy (non-hydrogen) atoms. The van der Waals surface area contributed by atoms with E-state index in [1.165, 1.54) is 30.5 Å². The lowest BCUT2D eigenvalue weighted by Gasteiger charge is -2.20. The molecular formula is C19H18FN3O2. The molecule has 2 aromatic heterocycles. The Morgan fingerprint density at radius 2 is 1.84 bits per heavy atom. The summed E-state index contributed by atoms with van der Waals surface area (Å²) in [4.78, 5) is 16.6. The standard InChI is InChI=1S/C19H18FN3O2/c1-13(18(24)14-4-7-16(20)8-5-14)22-19(25)15-6-9-17(21-12-15)23-10-2-3-11-23/h2-13,18,24H,1H3,(H,22,25). The molecule has 6 heteroatoms. The summed E-state index contributed by atoms with van der Waals surface area (Å²) in [5.74, 6) is 0.00246. The van der Waals surface area contributed by atoms with Crippen molar-refractivity contribution in [2.45, 2.75) is 19.1 Å². The largest absolute Gasteiger partial charge is 0.386 e. The number of aliphatic hydroxyl groups is 1. The Bertz CT molecular complexity index is 830. The van der Waals surface area contributed by atoms with Crippen molar-refractivity contribution in [3.8, 4) is 5.82 Å². The van der Waals surface area contributed by atoms with Crippen LogP contribution in [0.2, 0.25) is 0 Å². The number of aromatic nitrogens is 2. The molecule has 2 atom stereocenters. The van der Waals surface area contributed by atoms with Crippen LogP contribution in [0.25, 0.3) is 5.82 Å². The molecule has 0 aliphatic rings. The molecule has 1 aromatic carbocycles. The molecule has 2 unspecified atom stereocenters. The van der Waals surface area contributed by atoms with Crippen molar-refractivity contribution in [3.05, 3.63) is 84.1 Å². The summed E-state index contributed by atoms with van der Waals surface area (Å²) in [7, 11) is 0. The third-order valence-corrected chi connectivity index (χ3v) is 3.92. The van der Waals surface area contributed by atoms with Crippen LogP contribution in [0.5, 0.6) is 0 Å². The number of nitrogens with zero attached hydrogens (tertiary/aromatic N) is 2. The number of amides is 1. The molecule has 0 saturated heterocycles. The molecule has 3 aromatic rings. The molecule has 0 aliphatic heterocycles. The van der Waals surface area contributed by atoms with Crippen LogP contribution in [-0.4, -0.2) is 26.6 Å². The van der Waals surface area contributed by atoms with Gasteiger partial charge in [0.05, 0.1) is 17.7 Å². The van der Waals surface area contributed by atoms with E-state index in [2.05, 4.69) is 10.3 Å². The van der Waals surface area contributed by atoms with Crippen LogP contribution in [0.3, 0.4) is 0 Å². The number of carbonyl (C=O) groups excluding carboxylic acids is 1. The molecule has 3 rings (SSSR count). The van der Waals surface area contributed by atoms with E-state index in [0.717, 1.165) is 0 Å². The predicted molar refractivity (Wildman–Crippen MR) is 91.9 cm³/mol. The van der Waals surface area contributed by atoms with Gasteiger partial charge in [-0.15, -0.1) is 0 Å². The number of carbonyl (C=O) groups is 1. The van der Waals surface area contributed by atoms with E-state index in [-0.39, 0.29) is 11.7 Å². The van der Waals surface area contributed by atoms with Gasteiger partial charge in [0.1, 0.15) is 11.6 Å². The Labute approximate surface area is 144 Å². The number of halogens is 1. The lowest BCUT2D eigenvalue weighted by molar-refractivity contribution is 0.0851. The zero-order valence-corrected chi connectivity index (χ0v) is 13.6. The van der Waals surface area contributed by atoms with Crippen molar-refractivity contribution in [1.29, 1.82) is 0 Å². The summed E-state index contributed by atoms with van der Waals surface area (Å²) in [6, 6.07) is 12.2. The van der Waals surface area contributed by atoms with Crippen molar-refractivity contribution in [2.24, 2.45) is 0 Å². The number of rotatable bonds is 5. The average molecular weight is 339 g/mol. The van der Waals surface area contributed by atoms with Gasteiger partial charge in [-0.05, 0) is 48.9 Å². The first-order valence-electron chi connectivity index (χ1n) is 7.88. The number of pyridine rings is 1. The smallest absolute Gasteiger partial charge is 0.253 e. The molecule has 0 saturated carbocycles. The molecule has 2 N–H and O–H groups in total. The molecular weight excluding hydrogens is 321 g/mol. The van der Waals surface area contributed by atoms with Crippen LogP contribution in [-0.2, 0) is 0 Å². The fraction of sp³-hybridized carbons (Fsp3) is 0.158. The second kappa shape index (κ2) is 7.27. The molecule has 1 amide bonds. The number of hydrogen-bond donors (Lipinski definition) is 2. The maximum absolute atomic E-state index is 13.0. The van der Waals surface area contributed by atoms with Gasteiger partial charge in [0.15, 0.2) is 0 Å². The van der Waals surface area contributed by atoms with E-state index in [0.29, 0.717) is 16.9 Å². The topological polar surface area (TPSA) is 67.2 Å². The first-order chi connectivity index (χ1) is 12.0. The average Bonchev–Trinajstić information content (AvgIpc) is 3.16. The molecule has 0 fully saturated rings. The number of nitrogens with one attached hydrogen (secondary N) is 1. The van der Waals surface area contributed by atoms with Gasteiger partial charge in [0.25, 0.3) is 5.91 Å². The van der Waals surface area contributed by atoms with E-state index >= 15 is 0 Å². The quantitative estimate of drug-likeness (QED) is 0.751. The highest BCUT2D eigenvalue weighted by Gasteiger charge is 2.19. The summed E-state index contributed by atoms with van der Waals surface area (Å²) in [6.07, 6.45) is 4.28. The second-order valence-electron chi connectivity index (χ2n) is 5.75. The van der Waals surface area contributed by atoms with Crippen LogP contribution in [0.1, 0.15) is 28.9 Å². The van der Waals surface area contributed by atoms with Crippen LogP contribution in [0, 0.1) is 5.82 Å². The number of benzene rings is 1. The highest BCUT2D eigenvalue weighted by atomic mass is 19.1. The highest BCUT2D eigenvalue weighted by molar-refractivity contribution is 5.94. The number of aliphatic hydroxyl groups excluding tert-OH is 1.